The predicted molar refractivity (Wildman–Crippen MR) is 118 cm³/mol. The van der Waals surface area contributed by atoms with Crippen molar-refractivity contribution in [1.29, 1.82) is 0 Å². The standard InChI is InChI=1S/C19H22BrNO9S2/c1-4-27-19(22)17(7-8-28-32(3,25)26)30-16-10-13(20)9-15(11-16)29-14-5-6-18(21-12-14)31(2,23)24/h5-6,9-12,17H,4,7-8H2,1-3H3. The number of aromatic nitrogens is 1. The summed E-state index contributed by atoms with van der Waals surface area (Å²) in [6, 6.07) is 7.48. The number of sulfone groups is 1. The fourth-order valence-electron chi connectivity index (χ4n) is 2.38. The Bertz CT molecular complexity index is 1150. The monoisotopic (exact) mass is 551 g/mol. The van der Waals surface area contributed by atoms with Gasteiger partial charge in [-0.05, 0) is 31.2 Å². The van der Waals surface area contributed by atoms with E-state index in [-0.39, 0.29) is 36.2 Å². The van der Waals surface area contributed by atoms with Crippen molar-refractivity contribution in [2.75, 3.05) is 25.7 Å². The molecular formula is C19H22BrNO9S2. The molecule has 1 aromatic carbocycles. The van der Waals surface area contributed by atoms with Crippen LogP contribution >= 0.6 is 15.9 Å². The van der Waals surface area contributed by atoms with Crippen molar-refractivity contribution in [2.24, 2.45) is 0 Å². The topological polar surface area (TPSA) is 135 Å². The maximum Gasteiger partial charge on any atom is 0.347 e. The third-order valence-corrected chi connectivity index (χ3v) is 5.73. The fourth-order valence-corrected chi connectivity index (χ4v) is 3.79. The highest BCUT2D eigenvalue weighted by Gasteiger charge is 2.23. The summed E-state index contributed by atoms with van der Waals surface area (Å²) in [6.45, 7) is 1.49. The molecule has 1 atom stereocenters. The minimum atomic E-state index is -3.67. The Morgan fingerprint density at radius 2 is 1.75 bits per heavy atom. The van der Waals surface area contributed by atoms with E-state index in [0.717, 1.165) is 12.5 Å². The molecule has 0 bridgehead atoms. The van der Waals surface area contributed by atoms with Gasteiger partial charge in [0.2, 0.25) is 0 Å². The van der Waals surface area contributed by atoms with Gasteiger partial charge >= 0.3 is 5.97 Å². The van der Waals surface area contributed by atoms with Crippen LogP contribution in [0.4, 0.5) is 0 Å². The average Bonchev–Trinajstić information content (AvgIpc) is 2.65. The lowest BCUT2D eigenvalue weighted by molar-refractivity contribution is -0.152. The van der Waals surface area contributed by atoms with Crippen molar-refractivity contribution in [3.05, 3.63) is 41.0 Å². The van der Waals surface area contributed by atoms with Crippen LogP contribution in [0.3, 0.4) is 0 Å². The highest BCUT2D eigenvalue weighted by Crippen LogP contribution is 2.31. The third kappa shape index (κ3) is 8.73. The first-order chi connectivity index (χ1) is 14.9. The third-order valence-electron chi connectivity index (χ3n) is 3.67. The van der Waals surface area contributed by atoms with Crippen molar-refractivity contribution >= 4 is 41.9 Å². The lowest BCUT2D eigenvalue weighted by Crippen LogP contribution is -2.31. The van der Waals surface area contributed by atoms with E-state index in [1.165, 1.54) is 24.4 Å². The SMILES string of the molecule is CCOC(=O)C(CCOS(C)(=O)=O)Oc1cc(Br)cc(Oc2ccc(S(C)(=O)=O)nc2)c1. The molecule has 13 heteroatoms. The van der Waals surface area contributed by atoms with Gasteiger partial charge in [0.05, 0.1) is 25.7 Å². The van der Waals surface area contributed by atoms with Crippen molar-refractivity contribution in [3.8, 4) is 17.2 Å². The second-order valence-electron chi connectivity index (χ2n) is 6.50. The molecule has 32 heavy (non-hydrogen) atoms. The van der Waals surface area contributed by atoms with Gasteiger partial charge in [-0.2, -0.15) is 8.42 Å². The van der Waals surface area contributed by atoms with Gasteiger partial charge in [-0.1, -0.05) is 15.9 Å². The van der Waals surface area contributed by atoms with Gasteiger partial charge in [0, 0.05) is 23.2 Å². The number of carbonyl (C=O) groups excluding carboxylic acids is 1. The van der Waals surface area contributed by atoms with Gasteiger partial charge in [-0.25, -0.2) is 18.2 Å². The van der Waals surface area contributed by atoms with E-state index in [9.17, 15) is 21.6 Å². The Morgan fingerprint density at radius 1 is 1.06 bits per heavy atom. The van der Waals surface area contributed by atoms with Crippen LogP contribution in [-0.4, -0.2) is 59.6 Å². The minimum Gasteiger partial charge on any atom is -0.478 e. The van der Waals surface area contributed by atoms with E-state index in [2.05, 4.69) is 25.1 Å². The molecule has 2 aromatic rings. The number of esters is 1. The van der Waals surface area contributed by atoms with E-state index in [0.29, 0.717) is 10.2 Å². The van der Waals surface area contributed by atoms with Crippen molar-refractivity contribution in [3.63, 3.8) is 0 Å². The molecular weight excluding hydrogens is 530 g/mol. The number of ether oxygens (including phenoxy) is 3. The van der Waals surface area contributed by atoms with Gasteiger partial charge in [0.15, 0.2) is 21.0 Å². The van der Waals surface area contributed by atoms with Crippen LogP contribution in [0.2, 0.25) is 0 Å². The highest BCUT2D eigenvalue weighted by molar-refractivity contribution is 9.10. The van der Waals surface area contributed by atoms with Crippen molar-refractivity contribution in [2.45, 2.75) is 24.5 Å². The summed E-state index contributed by atoms with van der Waals surface area (Å²) >= 11 is 3.33. The molecule has 1 heterocycles. The lowest BCUT2D eigenvalue weighted by atomic mass is 10.2. The van der Waals surface area contributed by atoms with E-state index >= 15 is 0 Å². The molecule has 0 saturated heterocycles. The summed E-state index contributed by atoms with van der Waals surface area (Å²) in [7, 11) is -7.11. The largest absolute Gasteiger partial charge is 0.478 e. The molecule has 0 amide bonds. The molecule has 1 unspecified atom stereocenters. The van der Waals surface area contributed by atoms with E-state index < -0.39 is 32.0 Å². The number of nitrogens with zero attached hydrogens (tertiary/aromatic N) is 1. The number of benzene rings is 1. The van der Waals surface area contributed by atoms with Crippen LogP contribution in [0.1, 0.15) is 13.3 Å². The van der Waals surface area contributed by atoms with Crippen LogP contribution in [0.25, 0.3) is 0 Å². The summed E-state index contributed by atoms with van der Waals surface area (Å²) in [5.74, 6) is 0.170. The summed E-state index contributed by atoms with van der Waals surface area (Å²) < 4.78 is 67.0. The Kier molecular flexibility index (Phi) is 9.01. The smallest absolute Gasteiger partial charge is 0.347 e. The van der Waals surface area contributed by atoms with Gasteiger partial charge in [0.1, 0.15) is 17.2 Å². The van der Waals surface area contributed by atoms with Gasteiger partial charge in [0.25, 0.3) is 10.1 Å². The van der Waals surface area contributed by atoms with Crippen LogP contribution in [0.15, 0.2) is 46.0 Å². The van der Waals surface area contributed by atoms with Gasteiger partial charge in [-0.3, -0.25) is 4.18 Å². The first-order valence-corrected chi connectivity index (χ1v) is 13.7. The zero-order valence-corrected chi connectivity index (χ0v) is 20.7. The predicted octanol–water partition coefficient (Wildman–Crippen LogP) is 2.72. The quantitative estimate of drug-likeness (QED) is 0.302. The molecule has 10 nitrogen and oxygen atoms in total. The van der Waals surface area contributed by atoms with Gasteiger partial charge < -0.3 is 14.2 Å². The Labute approximate surface area is 195 Å². The Hall–Kier alpha value is -2.22. The molecule has 176 valence electrons. The number of pyridine rings is 1. The average molecular weight is 552 g/mol. The fraction of sp³-hybridized carbons (Fsp3) is 0.368. The zero-order valence-electron chi connectivity index (χ0n) is 17.5. The molecule has 1 aromatic heterocycles. The van der Waals surface area contributed by atoms with E-state index in [1.54, 1.807) is 19.1 Å². The first-order valence-electron chi connectivity index (χ1n) is 9.19. The normalized spacial score (nSPS) is 12.8. The van der Waals surface area contributed by atoms with Gasteiger partial charge in [-0.15, -0.1) is 0 Å². The molecule has 0 radical (unpaired) electrons. The minimum absolute atomic E-state index is 0.0640. The Balaban J connectivity index is 2.18. The van der Waals surface area contributed by atoms with Crippen LogP contribution in [-0.2, 0) is 33.7 Å². The Morgan fingerprint density at radius 3 is 2.31 bits per heavy atom. The second kappa shape index (κ2) is 11.1. The maximum atomic E-state index is 12.2. The second-order valence-corrected chi connectivity index (χ2v) is 11.0. The molecule has 0 N–H and O–H groups in total. The summed E-state index contributed by atoms with van der Waals surface area (Å²) in [4.78, 5) is 16.1. The maximum absolute atomic E-state index is 12.2. The number of carbonyl (C=O) groups is 1. The number of hydrogen-bond acceptors (Lipinski definition) is 10. The molecule has 2 rings (SSSR count). The summed E-state index contributed by atoms with van der Waals surface area (Å²) in [5.41, 5.74) is 0. The van der Waals surface area contributed by atoms with Crippen LogP contribution in [0, 0.1) is 0 Å². The summed E-state index contributed by atoms with van der Waals surface area (Å²) in [6.07, 6.45) is 2.04. The van der Waals surface area contributed by atoms with E-state index in [4.69, 9.17) is 14.2 Å². The molecule has 0 fully saturated rings. The van der Waals surface area contributed by atoms with Crippen LogP contribution < -0.4 is 9.47 Å². The summed E-state index contributed by atoms with van der Waals surface area (Å²) in [5, 5.41) is -0.0864. The molecule has 0 aliphatic heterocycles. The van der Waals surface area contributed by atoms with Crippen molar-refractivity contribution in [1.82, 2.24) is 4.98 Å². The number of hydrogen-bond donors (Lipinski definition) is 0. The van der Waals surface area contributed by atoms with Crippen LogP contribution in [0.5, 0.6) is 17.2 Å². The zero-order chi connectivity index (χ0) is 23.9. The number of halogens is 1. The number of rotatable bonds is 11. The highest BCUT2D eigenvalue weighted by atomic mass is 79.9. The lowest BCUT2D eigenvalue weighted by Gasteiger charge is -2.18. The van der Waals surface area contributed by atoms with E-state index in [1.807, 2.05) is 0 Å². The first kappa shape index (κ1) is 26.0. The molecule has 0 aliphatic carbocycles. The molecule has 0 spiro atoms. The molecule has 0 aliphatic rings. The molecule has 0 saturated carbocycles. The van der Waals surface area contributed by atoms with Crippen molar-refractivity contribution < 1.29 is 40.0 Å².